The number of Topliss-reactive ketones (excluding diaryl/α,β-unsaturated/α-hetero) is 1. The number of aliphatic hydroxyl groups excluding tert-OH is 1. The lowest BCUT2D eigenvalue weighted by atomic mass is 9.87. The number of hydrogen-bond donors (Lipinski definition) is 2. The number of piperidine rings is 1. The first-order chi connectivity index (χ1) is 8.31. The first-order valence-corrected chi connectivity index (χ1v) is 6.00. The van der Waals surface area contributed by atoms with Gasteiger partial charge in [0.25, 0.3) is 5.91 Å². The molecule has 1 heterocycles. The van der Waals surface area contributed by atoms with Gasteiger partial charge in [-0.25, -0.2) is 4.79 Å². The van der Waals surface area contributed by atoms with Crippen LogP contribution in [0.5, 0.6) is 0 Å². The highest BCUT2D eigenvalue weighted by Gasteiger charge is 2.40. The lowest BCUT2D eigenvalue weighted by molar-refractivity contribution is -0.158. The van der Waals surface area contributed by atoms with Crippen molar-refractivity contribution in [3.63, 3.8) is 0 Å². The van der Waals surface area contributed by atoms with Gasteiger partial charge in [-0.2, -0.15) is 0 Å². The van der Waals surface area contributed by atoms with Gasteiger partial charge in [-0.1, -0.05) is 13.8 Å². The number of ketones is 1. The van der Waals surface area contributed by atoms with E-state index in [1.54, 1.807) is 0 Å². The maximum atomic E-state index is 12.0. The van der Waals surface area contributed by atoms with E-state index < -0.39 is 35.7 Å². The van der Waals surface area contributed by atoms with Crippen LogP contribution in [0.3, 0.4) is 0 Å². The van der Waals surface area contributed by atoms with Crippen molar-refractivity contribution in [2.75, 3.05) is 13.2 Å². The Kier molecular flexibility index (Phi) is 4.45. The molecule has 1 saturated heterocycles. The number of hydrogen-bond acceptors (Lipinski definition) is 4. The second-order valence-electron chi connectivity index (χ2n) is 5.22. The minimum absolute atomic E-state index is 0.281. The molecule has 1 aliphatic heterocycles. The predicted molar refractivity (Wildman–Crippen MR) is 62.9 cm³/mol. The molecular formula is C12H19NO5. The fourth-order valence-electron chi connectivity index (χ4n) is 1.92. The third-order valence-electron chi connectivity index (χ3n) is 3.25. The molecule has 1 unspecified atom stereocenters. The Labute approximate surface area is 106 Å². The van der Waals surface area contributed by atoms with Crippen molar-refractivity contribution in [3.8, 4) is 0 Å². The molecule has 1 amide bonds. The maximum Gasteiger partial charge on any atom is 0.326 e. The van der Waals surface area contributed by atoms with E-state index in [1.807, 2.05) is 0 Å². The van der Waals surface area contributed by atoms with E-state index >= 15 is 0 Å². The number of likely N-dealkylation sites (tertiary alicyclic amines) is 1. The van der Waals surface area contributed by atoms with Crippen LogP contribution in [0.15, 0.2) is 0 Å². The second-order valence-corrected chi connectivity index (χ2v) is 5.22. The van der Waals surface area contributed by atoms with Gasteiger partial charge < -0.3 is 15.1 Å². The molecule has 102 valence electrons. The Morgan fingerprint density at radius 3 is 2.39 bits per heavy atom. The number of aliphatic carboxylic acids is 1. The van der Waals surface area contributed by atoms with Gasteiger partial charge in [0.15, 0.2) is 0 Å². The molecule has 0 aromatic carbocycles. The summed E-state index contributed by atoms with van der Waals surface area (Å²) in [5, 5.41) is 18.1. The van der Waals surface area contributed by atoms with Crippen molar-refractivity contribution < 1.29 is 24.6 Å². The van der Waals surface area contributed by atoms with Crippen molar-refractivity contribution >= 4 is 17.7 Å². The summed E-state index contributed by atoms with van der Waals surface area (Å²) in [4.78, 5) is 36.1. The number of carbonyl (C=O) groups is 3. The minimum atomic E-state index is -1.17. The third kappa shape index (κ3) is 2.87. The van der Waals surface area contributed by atoms with E-state index in [-0.39, 0.29) is 6.54 Å². The first kappa shape index (κ1) is 14.6. The van der Waals surface area contributed by atoms with Crippen LogP contribution < -0.4 is 0 Å². The summed E-state index contributed by atoms with van der Waals surface area (Å²) in [5.74, 6) is -2.63. The predicted octanol–water partition coefficient (Wildman–Crippen LogP) is 0.0397. The number of carboxylic acids is 1. The fourth-order valence-corrected chi connectivity index (χ4v) is 1.92. The number of carboxylic acid groups (broad SMARTS) is 1. The van der Waals surface area contributed by atoms with Gasteiger partial charge in [-0.05, 0) is 19.3 Å². The summed E-state index contributed by atoms with van der Waals surface area (Å²) in [6.07, 6.45) is 1.80. The van der Waals surface area contributed by atoms with Crippen molar-refractivity contribution in [3.05, 3.63) is 0 Å². The third-order valence-corrected chi connectivity index (χ3v) is 3.25. The summed E-state index contributed by atoms with van der Waals surface area (Å²) in [7, 11) is 0. The SMILES string of the molecule is CC(C)(CO)C(=O)C(=O)N1CCCCC1C(=O)O. The van der Waals surface area contributed by atoms with E-state index in [0.717, 1.165) is 11.3 Å². The Balaban J connectivity index is 2.87. The molecule has 1 aliphatic rings. The zero-order valence-corrected chi connectivity index (χ0v) is 10.7. The molecule has 0 aliphatic carbocycles. The Morgan fingerprint density at radius 1 is 1.28 bits per heavy atom. The van der Waals surface area contributed by atoms with E-state index in [2.05, 4.69) is 0 Å². The van der Waals surface area contributed by atoms with Crippen LogP contribution in [0.4, 0.5) is 0 Å². The van der Waals surface area contributed by atoms with Crippen molar-refractivity contribution in [2.45, 2.75) is 39.2 Å². The van der Waals surface area contributed by atoms with Crippen LogP contribution in [-0.2, 0) is 14.4 Å². The second kappa shape index (κ2) is 5.48. The zero-order valence-electron chi connectivity index (χ0n) is 10.7. The molecule has 0 spiro atoms. The topological polar surface area (TPSA) is 94.9 Å². The van der Waals surface area contributed by atoms with Crippen molar-refractivity contribution in [2.24, 2.45) is 5.41 Å². The van der Waals surface area contributed by atoms with Gasteiger partial charge in [0.1, 0.15) is 6.04 Å². The summed E-state index contributed by atoms with van der Waals surface area (Å²) in [5.41, 5.74) is -1.17. The van der Waals surface area contributed by atoms with Crippen LogP contribution in [0.1, 0.15) is 33.1 Å². The fraction of sp³-hybridized carbons (Fsp3) is 0.750. The normalized spacial score (nSPS) is 20.6. The molecule has 0 bridgehead atoms. The van der Waals surface area contributed by atoms with Gasteiger partial charge >= 0.3 is 5.97 Å². The Bertz CT molecular complexity index is 363. The number of aliphatic hydroxyl groups is 1. The maximum absolute atomic E-state index is 12.0. The quantitative estimate of drug-likeness (QED) is 0.693. The molecule has 1 atom stereocenters. The molecular weight excluding hydrogens is 238 g/mol. The van der Waals surface area contributed by atoms with Gasteiger partial charge in [0.05, 0.1) is 12.0 Å². The first-order valence-electron chi connectivity index (χ1n) is 6.00. The number of rotatable bonds is 4. The largest absolute Gasteiger partial charge is 0.480 e. The highest BCUT2D eigenvalue weighted by atomic mass is 16.4. The summed E-state index contributed by atoms with van der Waals surface area (Å²) >= 11 is 0. The number of nitrogens with zero attached hydrogens (tertiary/aromatic N) is 1. The smallest absolute Gasteiger partial charge is 0.326 e. The van der Waals surface area contributed by atoms with E-state index in [9.17, 15) is 14.4 Å². The van der Waals surface area contributed by atoms with Crippen LogP contribution in [0.25, 0.3) is 0 Å². The van der Waals surface area contributed by atoms with Gasteiger partial charge in [0.2, 0.25) is 5.78 Å². The molecule has 1 fully saturated rings. The van der Waals surface area contributed by atoms with Gasteiger partial charge in [0, 0.05) is 6.54 Å². The zero-order chi connectivity index (χ0) is 13.9. The van der Waals surface area contributed by atoms with Gasteiger partial charge in [-0.15, -0.1) is 0 Å². The molecule has 2 N–H and O–H groups in total. The van der Waals surface area contributed by atoms with Gasteiger partial charge in [-0.3, -0.25) is 9.59 Å². The van der Waals surface area contributed by atoms with Crippen molar-refractivity contribution in [1.82, 2.24) is 4.90 Å². The molecule has 6 nitrogen and oxygen atoms in total. The highest BCUT2D eigenvalue weighted by molar-refractivity contribution is 6.38. The molecule has 18 heavy (non-hydrogen) atoms. The monoisotopic (exact) mass is 257 g/mol. The molecule has 0 radical (unpaired) electrons. The minimum Gasteiger partial charge on any atom is -0.480 e. The number of amides is 1. The molecule has 1 rings (SSSR count). The van der Waals surface area contributed by atoms with Crippen LogP contribution in [0, 0.1) is 5.41 Å². The number of carbonyl (C=O) groups excluding carboxylic acids is 2. The summed E-state index contributed by atoms with van der Waals surface area (Å²) in [6.45, 7) is 2.77. The molecule has 0 saturated carbocycles. The van der Waals surface area contributed by atoms with E-state index in [4.69, 9.17) is 10.2 Å². The molecule has 0 aromatic heterocycles. The average molecular weight is 257 g/mol. The van der Waals surface area contributed by atoms with E-state index in [0.29, 0.717) is 12.8 Å². The highest BCUT2D eigenvalue weighted by Crippen LogP contribution is 2.22. The lowest BCUT2D eigenvalue weighted by Gasteiger charge is -2.34. The summed E-state index contributed by atoms with van der Waals surface area (Å²) < 4.78 is 0. The molecule has 0 aromatic rings. The standard InChI is InChI=1S/C12H19NO5/c1-12(2,7-14)9(15)10(16)13-6-4-3-5-8(13)11(17)18/h8,14H,3-7H2,1-2H3,(H,17,18). The van der Waals surface area contributed by atoms with Crippen LogP contribution >= 0.6 is 0 Å². The summed E-state index contributed by atoms with van der Waals surface area (Å²) in [6, 6.07) is -0.926. The van der Waals surface area contributed by atoms with Crippen LogP contribution in [-0.4, -0.2) is 52.0 Å². The van der Waals surface area contributed by atoms with E-state index in [1.165, 1.54) is 13.8 Å². The molecule has 6 heteroatoms. The lowest BCUT2D eigenvalue weighted by Crippen LogP contribution is -2.53. The Morgan fingerprint density at radius 2 is 1.89 bits per heavy atom. The van der Waals surface area contributed by atoms with Crippen molar-refractivity contribution in [1.29, 1.82) is 0 Å². The Hall–Kier alpha value is -1.43. The average Bonchev–Trinajstić information content (AvgIpc) is 2.36. The van der Waals surface area contributed by atoms with Crippen LogP contribution in [0.2, 0.25) is 0 Å².